The highest BCUT2D eigenvalue weighted by atomic mass is 19.1. The van der Waals surface area contributed by atoms with Gasteiger partial charge < -0.3 is 0 Å². The summed E-state index contributed by atoms with van der Waals surface area (Å²) in [6.07, 6.45) is 8.57. The largest absolute Gasteiger partial charge is 0.205 e. The van der Waals surface area contributed by atoms with Crippen LogP contribution < -0.4 is 0 Å². The minimum atomic E-state index is -0.738. The Morgan fingerprint density at radius 2 is 1.61 bits per heavy atom. The first-order chi connectivity index (χ1) is 13.6. The summed E-state index contributed by atoms with van der Waals surface area (Å²) >= 11 is 0. The fraction of sp³-hybridized carbons (Fsp3) is 0.480. The predicted molar refractivity (Wildman–Crippen MR) is 107 cm³/mol. The van der Waals surface area contributed by atoms with Gasteiger partial charge in [-0.2, -0.15) is 5.26 Å². The van der Waals surface area contributed by atoms with Gasteiger partial charge in [0.1, 0.15) is 23.3 Å². The van der Waals surface area contributed by atoms with Crippen molar-refractivity contribution in [2.45, 2.75) is 70.1 Å². The third-order valence-corrected chi connectivity index (χ3v) is 7.04. The second-order valence-electron chi connectivity index (χ2n) is 8.53. The van der Waals surface area contributed by atoms with Crippen molar-refractivity contribution in [2.75, 3.05) is 0 Å². The SMILES string of the molecule is CCC1CCC(c2ccc(C3CCc4c(cc(F)c(C#N)c4F)C3)cc2)CC1. The topological polar surface area (TPSA) is 23.8 Å². The van der Waals surface area contributed by atoms with Gasteiger partial charge in [-0.15, -0.1) is 0 Å². The van der Waals surface area contributed by atoms with E-state index in [1.807, 2.05) is 0 Å². The van der Waals surface area contributed by atoms with Crippen molar-refractivity contribution < 1.29 is 8.78 Å². The number of benzene rings is 2. The number of rotatable bonds is 3. The van der Waals surface area contributed by atoms with E-state index in [0.29, 0.717) is 29.9 Å². The maximum atomic E-state index is 14.4. The van der Waals surface area contributed by atoms with Crippen LogP contribution in [0.25, 0.3) is 0 Å². The summed E-state index contributed by atoms with van der Waals surface area (Å²) in [5.41, 5.74) is 3.48. The molecular weight excluding hydrogens is 352 g/mol. The van der Waals surface area contributed by atoms with Crippen molar-refractivity contribution >= 4 is 0 Å². The zero-order chi connectivity index (χ0) is 19.7. The molecule has 1 saturated carbocycles. The average molecular weight is 379 g/mol. The minimum absolute atomic E-state index is 0.282. The summed E-state index contributed by atoms with van der Waals surface area (Å²) in [6.45, 7) is 2.29. The van der Waals surface area contributed by atoms with E-state index in [4.69, 9.17) is 5.26 Å². The van der Waals surface area contributed by atoms with E-state index in [0.717, 1.165) is 12.3 Å². The lowest BCUT2D eigenvalue weighted by atomic mass is 9.76. The van der Waals surface area contributed by atoms with Crippen molar-refractivity contribution in [3.63, 3.8) is 0 Å². The zero-order valence-electron chi connectivity index (χ0n) is 16.5. The minimum Gasteiger partial charge on any atom is -0.205 e. The van der Waals surface area contributed by atoms with Crippen LogP contribution >= 0.6 is 0 Å². The van der Waals surface area contributed by atoms with Gasteiger partial charge >= 0.3 is 0 Å². The molecule has 1 atom stereocenters. The summed E-state index contributed by atoms with van der Waals surface area (Å²) < 4.78 is 28.4. The van der Waals surface area contributed by atoms with Gasteiger partial charge in [0.05, 0.1) is 0 Å². The Morgan fingerprint density at radius 1 is 0.964 bits per heavy atom. The fourth-order valence-corrected chi connectivity index (χ4v) is 5.18. The number of fused-ring (bicyclic) bond motifs is 1. The summed E-state index contributed by atoms with van der Waals surface area (Å²) in [6, 6.07) is 12.0. The molecule has 146 valence electrons. The van der Waals surface area contributed by atoms with E-state index in [9.17, 15) is 8.78 Å². The van der Waals surface area contributed by atoms with Gasteiger partial charge in [-0.05, 0) is 91.0 Å². The van der Waals surface area contributed by atoms with Crippen LogP contribution in [0.15, 0.2) is 30.3 Å². The monoisotopic (exact) mass is 379 g/mol. The van der Waals surface area contributed by atoms with Gasteiger partial charge in [0.15, 0.2) is 0 Å². The van der Waals surface area contributed by atoms with Gasteiger partial charge in [-0.25, -0.2) is 8.78 Å². The molecule has 0 heterocycles. The summed E-state index contributed by atoms with van der Waals surface area (Å²) in [5, 5.41) is 8.96. The first kappa shape index (κ1) is 19.1. The number of nitrogens with zero attached hydrogens (tertiary/aromatic N) is 1. The van der Waals surface area contributed by atoms with Crippen LogP contribution in [0.3, 0.4) is 0 Å². The van der Waals surface area contributed by atoms with Gasteiger partial charge in [0.25, 0.3) is 0 Å². The molecule has 2 aliphatic carbocycles. The highest BCUT2D eigenvalue weighted by Crippen LogP contribution is 2.39. The van der Waals surface area contributed by atoms with Crippen molar-refractivity contribution in [3.05, 3.63) is 69.8 Å². The Kier molecular flexibility index (Phi) is 5.49. The maximum Gasteiger partial charge on any atom is 0.147 e. The first-order valence-corrected chi connectivity index (χ1v) is 10.6. The Bertz CT molecular complexity index is 886. The van der Waals surface area contributed by atoms with Crippen molar-refractivity contribution in [3.8, 4) is 6.07 Å². The van der Waals surface area contributed by atoms with Crippen LogP contribution in [0, 0.1) is 28.9 Å². The molecule has 2 aliphatic rings. The number of hydrogen-bond donors (Lipinski definition) is 0. The van der Waals surface area contributed by atoms with E-state index >= 15 is 0 Å². The molecule has 0 spiro atoms. The molecule has 0 aliphatic heterocycles. The molecule has 1 unspecified atom stereocenters. The van der Waals surface area contributed by atoms with Crippen molar-refractivity contribution in [1.29, 1.82) is 5.26 Å². The quantitative estimate of drug-likeness (QED) is 0.576. The second-order valence-corrected chi connectivity index (χ2v) is 8.53. The first-order valence-electron chi connectivity index (χ1n) is 10.6. The molecule has 2 aromatic carbocycles. The second kappa shape index (κ2) is 8.03. The third kappa shape index (κ3) is 3.58. The van der Waals surface area contributed by atoms with E-state index in [1.54, 1.807) is 6.07 Å². The lowest BCUT2D eigenvalue weighted by Gasteiger charge is -2.29. The Balaban J connectivity index is 1.49. The molecule has 0 amide bonds. The number of halogens is 2. The highest BCUT2D eigenvalue weighted by molar-refractivity contribution is 5.44. The van der Waals surface area contributed by atoms with E-state index in [2.05, 4.69) is 31.2 Å². The molecule has 0 radical (unpaired) electrons. The van der Waals surface area contributed by atoms with Gasteiger partial charge in [-0.1, -0.05) is 37.6 Å². The molecule has 0 N–H and O–H groups in total. The van der Waals surface area contributed by atoms with Crippen LogP contribution in [0.2, 0.25) is 0 Å². The van der Waals surface area contributed by atoms with Crippen LogP contribution in [-0.4, -0.2) is 0 Å². The summed E-state index contributed by atoms with van der Waals surface area (Å²) in [4.78, 5) is 0. The molecule has 2 aromatic rings. The van der Waals surface area contributed by atoms with E-state index in [1.165, 1.54) is 49.3 Å². The normalized spacial score (nSPS) is 24.4. The molecule has 0 aromatic heterocycles. The van der Waals surface area contributed by atoms with Crippen LogP contribution in [-0.2, 0) is 12.8 Å². The van der Waals surface area contributed by atoms with E-state index in [-0.39, 0.29) is 5.92 Å². The molecule has 28 heavy (non-hydrogen) atoms. The maximum absolute atomic E-state index is 14.4. The Morgan fingerprint density at radius 3 is 2.21 bits per heavy atom. The van der Waals surface area contributed by atoms with Gasteiger partial charge in [0.2, 0.25) is 0 Å². The Labute approximate surface area is 166 Å². The molecule has 0 bridgehead atoms. The van der Waals surface area contributed by atoms with Crippen LogP contribution in [0.1, 0.15) is 85.1 Å². The van der Waals surface area contributed by atoms with Crippen molar-refractivity contribution in [2.24, 2.45) is 5.92 Å². The molecule has 0 saturated heterocycles. The third-order valence-electron chi connectivity index (χ3n) is 7.04. The summed E-state index contributed by atoms with van der Waals surface area (Å²) in [5.74, 6) is 0.465. The molecular formula is C25H27F2N. The Hall–Kier alpha value is -2.21. The number of hydrogen-bond acceptors (Lipinski definition) is 1. The fourth-order valence-electron chi connectivity index (χ4n) is 5.18. The highest BCUT2D eigenvalue weighted by Gasteiger charge is 2.27. The molecule has 1 fully saturated rings. The van der Waals surface area contributed by atoms with Gasteiger partial charge in [-0.3, -0.25) is 0 Å². The molecule has 1 nitrogen and oxygen atoms in total. The average Bonchev–Trinajstić information content (AvgIpc) is 2.74. The predicted octanol–water partition coefficient (Wildman–Crippen LogP) is 6.79. The molecule has 4 rings (SSSR count). The van der Waals surface area contributed by atoms with Crippen LogP contribution in [0.5, 0.6) is 0 Å². The summed E-state index contributed by atoms with van der Waals surface area (Å²) in [7, 11) is 0. The lowest BCUT2D eigenvalue weighted by Crippen LogP contribution is -2.16. The molecule has 3 heteroatoms. The standard InChI is InChI=1S/C25H27F2N/c1-2-16-3-5-17(6-4-16)18-7-9-19(10-8-18)20-11-12-22-21(13-20)14-24(26)23(15-28)25(22)27/h7-10,14,16-17,20H,2-6,11-13H2,1H3. The number of nitriles is 1. The van der Waals surface area contributed by atoms with Crippen molar-refractivity contribution in [1.82, 2.24) is 0 Å². The van der Waals surface area contributed by atoms with Crippen LogP contribution in [0.4, 0.5) is 8.78 Å². The lowest BCUT2D eigenvalue weighted by molar-refractivity contribution is 0.319. The smallest absolute Gasteiger partial charge is 0.147 e. The van der Waals surface area contributed by atoms with E-state index < -0.39 is 17.2 Å². The zero-order valence-corrected chi connectivity index (χ0v) is 16.5. The van der Waals surface area contributed by atoms with Gasteiger partial charge in [0, 0.05) is 0 Å².